The van der Waals surface area contributed by atoms with Crippen LogP contribution < -0.4 is 10.6 Å². The van der Waals surface area contributed by atoms with E-state index in [-0.39, 0.29) is 5.91 Å². The summed E-state index contributed by atoms with van der Waals surface area (Å²) < 4.78 is 0. The third kappa shape index (κ3) is 5.34. The van der Waals surface area contributed by atoms with Gasteiger partial charge in [-0.25, -0.2) is 9.97 Å². The van der Waals surface area contributed by atoms with E-state index in [0.717, 1.165) is 17.8 Å². The highest BCUT2D eigenvalue weighted by atomic mass is 16.1. The van der Waals surface area contributed by atoms with E-state index in [2.05, 4.69) is 20.6 Å². The van der Waals surface area contributed by atoms with Crippen LogP contribution in [0.25, 0.3) is 0 Å². The lowest BCUT2D eigenvalue weighted by atomic mass is 10.2. The monoisotopic (exact) mass is 313 g/mol. The first kappa shape index (κ1) is 16.9. The fourth-order valence-electron chi connectivity index (χ4n) is 2.10. The van der Waals surface area contributed by atoms with E-state index in [9.17, 15) is 4.79 Å². The maximum Gasteiger partial charge on any atom is 0.270 e. The number of hydrogen-bond acceptors (Lipinski definition) is 5. The molecule has 0 spiro atoms. The van der Waals surface area contributed by atoms with Crippen LogP contribution in [0.3, 0.4) is 0 Å². The van der Waals surface area contributed by atoms with Gasteiger partial charge in [0, 0.05) is 24.8 Å². The van der Waals surface area contributed by atoms with E-state index in [0.29, 0.717) is 23.9 Å². The molecule has 0 aliphatic heterocycles. The fourth-order valence-corrected chi connectivity index (χ4v) is 2.10. The van der Waals surface area contributed by atoms with Crippen molar-refractivity contribution in [2.45, 2.75) is 13.8 Å². The molecule has 6 heteroatoms. The fraction of sp³-hybridized carbons (Fsp3) is 0.353. The summed E-state index contributed by atoms with van der Waals surface area (Å²) in [6, 6.07) is 9.65. The first-order chi connectivity index (χ1) is 10.9. The van der Waals surface area contributed by atoms with E-state index in [1.807, 2.05) is 50.2 Å². The number of hydrogen-bond donors (Lipinski definition) is 2. The van der Waals surface area contributed by atoms with Gasteiger partial charge in [-0.1, -0.05) is 12.1 Å². The lowest BCUT2D eigenvalue weighted by Crippen LogP contribution is -2.32. The molecule has 0 radical (unpaired) electrons. The van der Waals surface area contributed by atoms with Crippen LogP contribution in [0, 0.1) is 13.8 Å². The number of benzene rings is 1. The van der Waals surface area contributed by atoms with Crippen LogP contribution in [0.5, 0.6) is 0 Å². The molecular formula is C17H23N5O. The minimum atomic E-state index is -0.190. The van der Waals surface area contributed by atoms with Crippen molar-refractivity contribution in [1.29, 1.82) is 0 Å². The van der Waals surface area contributed by atoms with Crippen LogP contribution in [0.1, 0.15) is 21.9 Å². The van der Waals surface area contributed by atoms with Gasteiger partial charge in [-0.2, -0.15) is 0 Å². The molecule has 0 saturated carbocycles. The molecule has 1 heterocycles. The molecule has 122 valence electrons. The third-order valence-electron chi connectivity index (χ3n) is 3.21. The Hall–Kier alpha value is -2.47. The summed E-state index contributed by atoms with van der Waals surface area (Å²) in [6.45, 7) is 5.16. The van der Waals surface area contributed by atoms with E-state index in [1.54, 1.807) is 13.0 Å². The molecule has 0 fully saturated rings. The standard InChI is InChI=1S/C17H23N5O/c1-12-6-5-7-14(10-12)21-16-11-15(19-13(2)20-16)17(23)18-8-9-22(3)4/h5-7,10-11H,8-9H2,1-4H3,(H,18,23)(H,19,20,21). The molecule has 23 heavy (non-hydrogen) atoms. The minimum absolute atomic E-state index is 0.190. The quantitative estimate of drug-likeness (QED) is 0.855. The van der Waals surface area contributed by atoms with Crippen LogP contribution in [-0.2, 0) is 0 Å². The maximum atomic E-state index is 12.2. The second kappa shape index (κ2) is 7.69. The average Bonchev–Trinajstić information content (AvgIpc) is 2.46. The zero-order chi connectivity index (χ0) is 16.8. The summed E-state index contributed by atoms with van der Waals surface area (Å²) in [6.07, 6.45) is 0. The molecule has 0 atom stereocenters. The van der Waals surface area contributed by atoms with Crippen LogP contribution in [0.15, 0.2) is 30.3 Å². The molecule has 0 unspecified atom stereocenters. The number of aryl methyl sites for hydroxylation is 2. The number of carbonyl (C=O) groups is 1. The molecule has 1 aromatic heterocycles. The molecule has 0 aliphatic carbocycles. The Balaban J connectivity index is 2.10. The molecule has 0 saturated heterocycles. The highest BCUT2D eigenvalue weighted by Gasteiger charge is 2.10. The third-order valence-corrected chi connectivity index (χ3v) is 3.21. The Labute approximate surface area is 137 Å². The molecule has 0 aliphatic rings. The van der Waals surface area contributed by atoms with E-state index < -0.39 is 0 Å². The number of carbonyl (C=O) groups excluding carboxylic acids is 1. The molecule has 6 nitrogen and oxygen atoms in total. The van der Waals surface area contributed by atoms with Gasteiger partial charge in [0.1, 0.15) is 17.3 Å². The van der Waals surface area contributed by atoms with Crippen molar-refractivity contribution in [1.82, 2.24) is 20.2 Å². The maximum absolute atomic E-state index is 12.2. The summed E-state index contributed by atoms with van der Waals surface area (Å²) in [7, 11) is 3.93. The van der Waals surface area contributed by atoms with Crippen molar-refractivity contribution in [3.05, 3.63) is 47.4 Å². The van der Waals surface area contributed by atoms with Gasteiger partial charge < -0.3 is 15.5 Å². The lowest BCUT2D eigenvalue weighted by Gasteiger charge is -2.11. The molecule has 2 rings (SSSR count). The van der Waals surface area contributed by atoms with Gasteiger partial charge in [0.2, 0.25) is 0 Å². The number of anilines is 2. The average molecular weight is 313 g/mol. The second-order valence-electron chi connectivity index (χ2n) is 5.74. The lowest BCUT2D eigenvalue weighted by molar-refractivity contribution is 0.0945. The Morgan fingerprint density at radius 2 is 1.96 bits per heavy atom. The SMILES string of the molecule is Cc1cccc(Nc2cc(C(=O)NCCN(C)C)nc(C)n2)c1. The van der Waals surface area contributed by atoms with E-state index in [1.165, 1.54) is 0 Å². The van der Waals surface area contributed by atoms with Gasteiger partial charge in [0.15, 0.2) is 0 Å². The summed E-state index contributed by atoms with van der Waals surface area (Å²) in [5.41, 5.74) is 2.45. The van der Waals surface area contributed by atoms with Crippen LogP contribution in [-0.4, -0.2) is 48.0 Å². The topological polar surface area (TPSA) is 70.2 Å². The molecule has 1 aromatic carbocycles. The Kier molecular flexibility index (Phi) is 5.65. The highest BCUT2D eigenvalue weighted by Crippen LogP contribution is 2.16. The Morgan fingerprint density at radius 1 is 1.17 bits per heavy atom. The smallest absolute Gasteiger partial charge is 0.270 e. The van der Waals surface area contributed by atoms with Crippen LogP contribution in [0.4, 0.5) is 11.5 Å². The Bertz CT molecular complexity index is 684. The minimum Gasteiger partial charge on any atom is -0.349 e. The van der Waals surface area contributed by atoms with Gasteiger partial charge in [-0.15, -0.1) is 0 Å². The van der Waals surface area contributed by atoms with Crippen molar-refractivity contribution >= 4 is 17.4 Å². The number of aromatic nitrogens is 2. The predicted octanol–water partition coefficient (Wildman–Crippen LogP) is 2.13. The summed E-state index contributed by atoms with van der Waals surface area (Å²) in [4.78, 5) is 22.8. The van der Waals surface area contributed by atoms with Gasteiger partial charge in [-0.3, -0.25) is 4.79 Å². The molecular weight excluding hydrogens is 290 g/mol. The van der Waals surface area contributed by atoms with Crippen molar-refractivity contribution < 1.29 is 4.79 Å². The zero-order valence-electron chi connectivity index (χ0n) is 14.1. The number of amides is 1. The largest absolute Gasteiger partial charge is 0.349 e. The molecule has 0 bridgehead atoms. The van der Waals surface area contributed by atoms with Gasteiger partial charge >= 0.3 is 0 Å². The zero-order valence-corrected chi connectivity index (χ0v) is 14.1. The predicted molar refractivity (Wildman–Crippen MR) is 92.1 cm³/mol. The number of nitrogens with zero attached hydrogens (tertiary/aromatic N) is 3. The second-order valence-corrected chi connectivity index (χ2v) is 5.74. The molecule has 2 aromatic rings. The number of likely N-dealkylation sites (N-methyl/N-ethyl adjacent to an activating group) is 1. The van der Waals surface area contributed by atoms with Crippen molar-refractivity contribution in [3.63, 3.8) is 0 Å². The normalized spacial score (nSPS) is 10.7. The number of nitrogens with one attached hydrogen (secondary N) is 2. The van der Waals surface area contributed by atoms with E-state index >= 15 is 0 Å². The van der Waals surface area contributed by atoms with Crippen molar-refractivity contribution in [2.24, 2.45) is 0 Å². The molecule has 2 N–H and O–H groups in total. The number of rotatable bonds is 6. The first-order valence-corrected chi connectivity index (χ1v) is 7.56. The first-order valence-electron chi connectivity index (χ1n) is 7.56. The molecule has 1 amide bonds. The van der Waals surface area contributed by atoms with Crippen molar-refractivity contribution in [2.75, 3.05) is 32.5 Å². The highest BCUT2D eigenvalue weighted by molar-refractivity contribution is 5.93. The summed E-state index contributed by atoms with van der Waals surface area (Å²) in [5, 5.41) is 6.07. The van der Waals surface area contributed by atoms with Gasteiger partial charge in [0.05, 0.1) is 0 Å². The van der Waals surface area contributed by atoms with Crippen molar-refractivity contribution in [3.8, 4) is 0 Å². The van der Waals surface area contributed by atoms with Gasteiger partial charge in [0.25, 0.3) is 5.91 Å². The van der Waals surface area contributed by atoms with Crippen LogP contribution >= 0.6 is 0 Å². The Morgan fingerprint density at radius 3 is 2.65 bits per heavy atom. The summed E-state index contributed by atoms with van der Waals surface area (Å²) >= 11 is 0. The van der Waals surface area contributed by atoms with Crippen LogP contribution in [0.2, 0.25) is 0 Å². The summed E-state index contributed by atoms with van der Waals surface area (Å²) in [5.74, 6) is 0.978. The van der Waals surface area contributed by atoms with E-state index in [4.69, 9.17) is 0 Å². The van der Waals surface area contributed by atoms with Gasteiger partial charge in [-0.05, 0) is 45.6 Å².